The number of aliphatic hydroxyl groups is 1. The second-order valence-electron chi connectivity index (χ2n) is 1.27. The molecule has 0 aliphatic carbocycles. The zero-order chi connectivity index (χ0) is 5.54. The van der Waals surface area contributed by atoms with Gasteiger partial charge in [-0.05, 0) is 13.3 Å². The van der Waals surface area contributed by atoms with Crippen molar-refractivity contribution in [3.63, 3.8) is 0 Å². The third-order valence-corrected chi connectivity index (χ3v) is 0.651. The fourth-order valence-corrected chi connectivity index (χ4v) is 0.311. The number of ether oxygens (including phenoxy) is 1. The lowest BCUT2D eigenvalue weighted by atomic mass is 10.5. The van der Waals surface area contributed by atoms with Gasteiger partial charge in [-0.1, -0.05) is 7.43 Å². The molecule has 0 fully saturated rings. The Balaban J connectivity index is -0.000000180. The summed E-state index contributed by atoms with van der Waals surface area (Å²) < 4.78 is 4.91. The Morgan fingerprint density at radius 3 is 2.33 bits per heavy atom. The van der Waals surface area contributed by atoms with Gasteiger partial charge in [-0.25, -0.2) is 0 Å². The van der Waals surface area contributed by atoms with Crippen molar-refractivity contribution >= 4 is 0 Å². The fraction of sp³-hybridized carbons (Fsp3) is 1.00. The van der Waals surface area contributed by atoms with Crippen LogP contribution in [-0.2, 0) is 4.74 Å². The van der Waals surface area contributed by atoms with E-state index in [0.717, 1.165) is 13.0 Å². The zero-order valence-corrected chi connectivity index (χ0v) is 5.18. The molecule has 0 aliphatic rings. The van der Waals surface area contributed by atoms with Crippen molar-refractivity contribution in [1.82, 2.24) is 0 Å². The summed E-state index contributed by atoms with van der Waals surface area (Å²) in [5.74, 6) is 0. The Morgan fingerprint density at radius 2 is 2.00 bits per heavy atom. The van der Waals surface area contributed by atoms with Crippen molar-refractivity contribution in [2.45, 2.75) is 20.8 Å². The second-order valence-corrected chi connectivity index (χ2v) is 1.27. The van der Waals surface area contributed by atoms with E-state index in [9.17, 15) is 0 Å². The Labute approximate surface area is 57.0 Å². The van der Waals surface area contributed by atoms with E-state index in [4.69, 9.17) is 9.84 Å². The zero-order valence-electron chi connectivity index (χ0n) is 5.18. The van der Waals surface area contributed by atoms with Gasteiger partial charge < -0.3 is 15.3 Å². The molecule has 0 spiro atoms. The van der Waals surface area contributed by atoms with E-state index in [1.54, 1.807) is 0 Å². The van der Waals surface area contributed by atoms with Gasteiger partial charge in [0.15, 0.2) is 0 Å². The molecule has 0 amide bonds. The first kappa shape index (κ1) is 15.9. The van der Waals surface area contributed by atoms with Gasteiger partial charge in [-0.2, -0.15) is 0 Å². The van der Waals surface area contributed by atoms with E-state index in [0.29, 0.717) is 6.61 Å². The second kappa shape index (κ2) is 15.7. The van der Waals surface area contributed by atoms with Gasteiger partial charge in [0.2, 0.25) is 0 Å². The Kier molecular flexibility index (Phi) is 27.8. The summed E-state index contributed by atoms with van der Waals surface area (Å²) in [6.07, 6.45) is 0.758. The summed E-state index contributed by atoms with van der Waals surface area (Å²) in [5, 5.41) is 8.21. The normalized spacial score (nSPS) is 7.33. The highest BCUT2D eigenvalue weighted by molar-refractivity contribution is 4.27. The monoisotopic (exact) mass is 138 g/mol. The van der Waals surface area contributed by atoms with Crippen LogP contribution < -0.4 is 0 Å². The minimum atomic E-state index is 0. The van der Waals surface area contributed by atoms with Crippen LogP contribution in [0.1, 0.15) is 20.8 Å². The summed E-state index contributed by atoms with van der Waals surface area (Å²) in [5.41, 5.74) is 0. The molecular formula is C6H18O3. The molecule has 3 nitrogen and oxygen atoms in total. The Morgan fingerprint density at radius 1 is 1.44 bits per heavy atom. The van der Waals surface area contributed by atoms with E-state index in [1.165, 1.54) is 0 Å². The smallest absolute Gasteiger partial charge is 0.0487 e. The van der Waals surface area contributed by atoms with Crippen molar-refractivity contribution < 1.29 is 15.3 Å². The molecule has 60 valence electrons. The molecule has 0 aromatic carbocycles. The van der Waals surface area contributed by atoms with Crippen molar-refractivity contribution in [3.8, 4) is 0 Å². The summed E-state index contributed by atoms with van der Waals surface area (Å²) in [4.78, 5) is 0. The van der Waals surface area contributed by atoms with Crippen LogP contribution in [0.5, 0.6) is 0 Å². The molecule has 0 heterocycles. The lowest BCUT2D eigenvalue weighted by Gasteiger charge is -1.94. The molecule has 3 N–H and O–H groups in total. The van der Waals surface area contributed by atoms with Crippen molar-refractivity contribution in [2.75, 3.05) is 19.8 Å². The molecule has 0 aromatic heterocycles. The SMILES string of the molecule is C.CCOCCCO.O. The molecule has 9 heavy (non-hydrogen) atoms. The molecule has 3 heteroatoms. The largest absolute Gasteiger partial charge is 0.412 e. The topological polar surface area (TPSA) is 61.0 Å². The first-order valence-corrected chi connectivity index (χ1v) is 2.60. The average Bonchev–Trinajstić information content (AvgIpc) is 1.69. The number of aliphatic hydroxyl groups excluding tert-OH is 1. The lowest BCUT2D eigenvalue weighted by Crippen LogP contribution is -1.95. The van der Waals surface area contributed by atoms with E-state index >= 15 is 0 Å². The summed E-state index contributed by atoms with van der Waals surface area (Å²) >= 11 is 0. The van der Waals surface area contributed by atoms with E-state index in [1.807, 2.05) is 6.92 Å². The molecule has 0 aromatic rings. The third kappa shape index (κ3) is 18.1. The van der Waals surface area contributed by atoms with E-state index < -0.39 is 0 Å². The van der Waals surface area contributed by atoms with Crippen LogP contribution >= 0.6 is 0 Å². The molecule has 0 saturated carbocycles. The van der Waals surface area contributed by atoms with Crippen molar-refractivity contribution in [1.29, 1.82) is 0 Å². The maximum absolute atomic E-state index is 8.21. The minimum Gasteiger partial charge on any atom is -0.412 e. The van der Waals surface area contributed by atoms with Crippen molar-refractivity contribution in [2.24, 2.45) is 0 Å². The maximum atomic E-state index is 8.21. The van der Waals surface area contributed by atoms with E-state index in [2.05, 4.69) is 0 Å². The summed E-state index contributed by atoms with van der Waals surface area (Å²) in [6.45, 7) is 3.62. The Bertz CT molecular complexity index is 27.5. The highest BCUT2D eigenvalue weighted by atomic mass is 16.5. The molecule has 0 radical (unpaired) electrons. The molecular weight excluding hydrogens is 120 g/mol. The van der Waals surface area contributed by atoms with Crippen LogP contribution in [0.25, 0.3) is 0 Å². The molecule has 0 rings (SSSR count). The average molecular weight is 138 g/mol. The van der Waals surface area contributed by atoms with Gasteiger partial charge in [-0.15, -0.1) is 0 Å². The number of hydrogen-bond donors (Lipinski definition) is 1. The molecule has 0 unspecified atom stereocenters. The van der Waals surface area contributed by atoms with Crippen LogP contribution in [0.4, 0.5) is 0 Å². The highest BCUT2D eigenvalue weighted by Crippen LogP contribution is 1.77. The van der Waals surface area contributed by atoms with Gasteiger partial charge in [0.05, 0.1) is 0 Å². The first-order chi connectivity index (χ1) is 3.41. The van der Waals surface area contributed by atoms with Crippen molar-refractivity contribution in [3.05, 3.63) is 0 Å². The molecule has 0 bridgehead atoms. The van der Waals surface area contributed by atoms with Crippen LogP contribution in [0.3, 0.4) is 0 Å². The summed E-state index contributed by atoms with van der Waals surface area (Å²) in [6, 6.07) is 0. The molecule has 0 aliphatic heterocycles. The van der Waals surface area contributed by atoms with Crippen LogP contribution in [0, 0.1) is 0 Å². The quantitative estimate of drug-likeness (QED) is 0.565. The molecule has 0 saturated heterocycles. The van der Waals surface area contributed by atoms with Crippen LogP contribution in [0.2, 0.25) is 0 Å². The number of hydrogen-bond acceptors (Lipinski definition) is 2. The number of rotatable bonds is 4. The predicted molar refractivity (Wildman–Crippen MR) is 38.5 cm³/mol. The van der Waals surface area contributed by atoms with Gasteiger partial charge in [0, 0.05) is 19.8 Å². The highest BCUT2D eigenvalue weighted by Gasteiger charge is 1.79. The van der Waals surface area contributed by atoms with Gasteiger partial charge in [0.25, 0.3) is 0 Å². The van der Waals surface area contributed by atoms with Crippen LogP contribution in [0.15, 0.2) is 0 Å². The maximum Gasteiger partial charge on any atom is 0.0487 e. The fourth-order valence-electron chi connectivity index (χ4n) is 0.311. The van der Waals surface area contributed by atoms with E-state index in [-0.39, 0.29) is 19.5 Å². The van der Waals surface area contributed by atoms with Gasteiger partial charge >= 0.3 is 0 Å². The standard InChI is InChI=1S/C5H12O2.CH4.H2O/c1-2-7-5-3-4-6;;/h6H,2-5H2,1H3;1H4;1H2. The van der Waals surface area contributed by atoms with Gasteiger partial charge in [0.1, 0.15) is 0 Å². The third-order valence-electron chi connectivity index (χ3n) is 0.651. The molecule has 0 atom stereocenters. The minimum absolute atomic E-state index is 0. The van der Waals surface area contributed by atoms with Gasteiger partial charge in [-0.3, -0.25) is 0 Å². The lowest BCUT2D eigenvalue weighted by molar-refractivity contribution is 0.127. The summed E-state index contributed by atoms with van der Waals surface area (Å²) in [7, 11) is 0. The predicted octanol–water partition coefficient (Wildman–Crippen LogP) is 0.217. The van der Waals surface area contributed by atoms with Crippen LogP contribution in [-0.4, -0.2) is 30.4 Å². The Hall–Kier alpha value is -0.120. The first-order valence-electron chi connectivity index (χ1n) is 2.60.